The predicted molar refractivity (Wildman–Crippen MR) is 98.3 cm³/mol. The van der Waals surface area contributed by atoms with E-state index in [9.17, 15) is 4.79 Å². The van der Waals surface area contributed by atoms with Gasteiger partial charge in [0, 0.05) is 19.5 Å². The fourth-order valence-corrected chi connectivity index (χ4v) is 4.02. The molecule has 1 amide bonds. The van der Waals surface area contributed by atoms with Crippen LogP contribution in [0.5, 0.6) is 0 Å². The molecule has 25 heavy (non-hydrogen) atoms. The SMILES string of the molecule is O=C(Nc1cnc2n1CCCC2)C1CCCCN1Cc1ccccc1. The second kappa shape index (κ2) is 7.40. The minimum absolute atomic E-state index is 0.0521. The standard InChI is InChI=1S/C20H26N4O/c25-20(22-19-14-21-18-11-5-7-13-24(18)19)17-10-4-6-12-23(17)15-16-8-2-1-3-9-16/h1-3,8-9,14,17H,4-7,10-13,15H2,(H,22,25). The molecule has 2 aliphatic rings. The first-order chi connectivity index (χ1) is 12.3. The number of carbonyl (C=O) groups excluding carboxylic acids is 1. The minimum Gasteiger partial charge on any atom is -0.315 e. The number of anilines is 1. The van der Waals surface area contributed by atoms with Crippen LogP contribution >= 0.6 is 0 Å². The highest BCUT2D eigenvalue weighted by molar-refractivity contribution is 5.94. The molecule has 3 heterocycles. The van der Waals surface area contributed by atoms with E-state index in [0.29, 0.717) is 0 Å². The van der Waals surface area contributed by atoms with Crippen LogP contribution in [0, 0.1) is 0 Å². The van der Waals surface area contributed by atoms with Gasteiger partial charge < -0.3 is 9.88 Å². The van der Waals surface area contributed by atoms with Gasteiger partial charge in [0.25, 0.3) is 0 Å². The number of hydrogen-bond donors (Lipinski definition) is 1. The zero-order valence-corrected chi connectivity index (χ0v) is 14.7. The van der Waals surface area contributed by atoms with Gasteiger partial charge in [-0.05, 0) is 37.8 Å². The zero-order chi connectivity index (χ0) is 17.1. The summed E-state index contributed by atoms with van der Waals surface area (Å²) in [6.07, 6.45) is 8.41. The Labute approximate surface area is 149 Å². The van der Waals surface area contributed by atoms with Crippen LogP contribution in [0.2, 0.25) is 0 Å². The lowest BCUT2D eigenvalue weighted by atomic mass is 10.0. The fraction of sp³-hybridized carbons (Fsp3) is 0.500. The van der Waals surface area contributed by atoms with E-state index in [4.69, 9.17) is 0 Å². The number of carbonyl (C=O) groups is 1. The van der Waals surface area contributed by atoms with Crippen LogP contribution in [-0.2, 0) is 24.3 Å². The van der Waals surface area contributed by atoms with Crippen molar-refractivity contribution in [3.8, 4) is 0 Å². The molecule has 1 N–H and O–H groups in total. The van der Waals surface area contributed by atoms with Crippen molar-refractivity contribution < 1.29 is 4.79 Å². The fourth-order valence-electron chi connectivity index (χ4n) is 4.02. The molecular formula is C20H26N4O. The molecule has 1 unspecified atom stereocenters. The number of hydrogen-bond acceptors (Lipinski definition) is 3. The van der Waals surface area contributed by atoms with Gasteiger partial charge in [-0.25, -0.2) is 4.98 Å². The molecule has 0 saturated carbocycles. The maximum absolute atomic E-state index is 13.0. The number of piperidine rings is 1. The Morgan fingerprint density at radius 3 is 2.84 bits per heavy atom. The molecule has 5 heteroatoms. The summed E-state index contributed by atoms with van der Waals surface area (Å²) in [6.45, 7) is 2.78. The number of benzene rings is 1. The quantitative estimate of drug-likeness (QED) is 0.931. The Balaban J connectivity index is 1.46. The Bertz CT molecular complexity index is 725. The number of aryl methyl sites for hydroxylation is 1. The van der Waals surface area contributed by atoms with Gasteiger partial charge in [-0.3, -0.25) is 9.69 Å². The topological polar surface area (TPSA) is 50.2 Å². The van der Waals surface area contributed by atoms with E-state index < -0.39 is 0 Å². The van der Waals surface area contributed by atoms with Crippen molar-refractivity contribution in [3.63, 3.8) is 0 Å². The molecule has 0 bridgehead atoms. The molecule has 0 spiro atoms. The van der Waals surface area contributed by atoms with Crippen molar-refractivity contribution >= 4 is 11.7 Å². The van der Waals surface area contributed by atoms with Gasteiger partial charge in [0.05, 0.1) is 12.2 Å². The van der Waals surface area contributed by atoms with Gasteiger partial charge in [-0.1, -0.05) is 36.8 Å². The van der Waals surface area contributed by atoms with E-state index in [1.807, 2.05) is 12.3 Å². The molecule has 1 aromatic heterocycles. The van der Waals surface area contributed by atoms with Crippen molar-refractivity contribution in [1.29, 1.82) is 0 Å². The Hall–Kier alpha value is -2.14. The molecule has 1 atom stereocenters. The van der Waals surface area contributed by atoms with Gasteiger partial charge in [0.15, 0.2) is 0 Å². The van der Waals surface area contributed by atoms with Crippen molar-refractivity contribution in [2.24, 2.45) is 0 Å². The Kier molecular flexibility index (Phi) is 4.83. The number of rotatable bonds is 4. The molecule has 4 rings (SSSR count). The average molecular weight is 338 g/mol. The summed E-state index contributed by atoms with van der Waals surface area (Å²) < 4.78 is 2.17. The lowest BCUT2D eigenvalue weighted by Crippen LogP contribution is -2.46. The largest absolute Gasteiger partial charge is 0.315 e. The first-order valence-electron chi connectivity index (χ1n) is 9.44. The van der Waals surface area contributed by atoms with Crippen molar-refractivity contribution in [2.45, 2.75) is 57.7 Å². The second-order valence-corrected chi connectivity index (χ2v) is 7.13. The minimum atomic E-state index is -0.0521. The molecule has 0 aliphatic carbocycles. The van der Waals surface area contributed by atoms with Crippen LogP contribution in [0.1, 0.15) is 43.5 Å². The second-order valence-electron chi connectivity index (χ2n) is 7.13. The molecule has 2 aromatic rings. The van der Waals surface area contributed by atoms with E-state index >= 15 is 0 Å². The Morgan fingerprint density at radius 2 is 1.96 bits per heavy atom. The third-order valence-electron chi connectivity index (χ3n) is 5.37. The first-order valence-corrected chi connectivity index (χ1v) is 9.44. The maximum atomic E-state index is 13.0. The van der Waals surface area contributed by atoms with Gasteiger partial charge in [-0.15, -0.1) is 0 Å². The number of aromatic nitrogens is 2. The van der Waals surface area contributed by atoms with E-state index in [1.165, 1.54) is 18.4 Å². The van der Waals surface area contributed by atoms with Crippen LogP contribution < -0.4 is 5.32 Å². The highest BCUT2D eigenvalue weighted by Crippen LogP contribution is 2.23. The molecule has 0 radical (unpaired) electrons. The zero-order valence-electron chi connectivity index (χ0n) is 14.7. The summed E-state index contributed by atoms with van der Waals surface area (Å²) in [5.41, 5.74) is 1.27. The molecule has 5 nitrogen and oxygen atoms in total. The van der Waals surface area contributed by atoms with Crippen LogP contribution in [0.4, 0.5) is 5.82 Å². The van der Waals surface area contributed by atoms with E-state index in [0.717, 1.165) is 57.0 Å². The highest BCUT2D eigenvalue weighted by atomic mass is 16.2. The summed E-state index contributed by atoms with van der Waals surface area (Å²) in [5.74, 6) is 2.08. The van der Waals surface area contributed by atoms with Crippen LogP contribution in [-0.4, -0.2) is 32.9 Å². The number of likely N-dealkylation sites (tertiary alicyclic amines) is 1. The summed E-state index contributed by atoms with van der Waals surface area (Å²) in [6, 6.07) is 10.4. The normalized spacial score (nSPS) is 20.9. The molecule has 2 aliphatic heterocycles. The van der Waals surface area contributed by atoms with E-state index in [2.05, 4.69) is 44.0 Å². The molecule has 1 fully saturated rings. The number of fused-ring (bicyclic) bond motifs is 1. The van der Waals surface area contributed by atoms with Crippen LogP contribution in [0.15, 0.2) is 36.5 Å². The summed E-state index contributed by atoms with van der Waals surface area (Å²) in [4.78, 5) is 19.8. The van der Waals surface area contributed by atoms with Crippen LogP contribution in [0.3, 0.4) is 0 Å². The monoisotopic (exact) mass is 338 g/mol. The van der Waals surface area contributed by atoms with E-state index in [1.54, 1.807) is 0 Å². The van der Waals surface area contributed by atoms with Gasteiger partial charge in [0.2, 0.25) is 5.91 Å². The lowest BCUT2D eigenvalue weighted by Gasteiger charge is -2.34. The first kappa shape index (κ1) is 16.3. The summed E-state index contributed by atoms with van der Waals surface area (Å²) >= 11 is 0. The number of nitrogens with zero attached hydrogens (tertiary/aromatic N) is 3. The third kappa shape index (κ3) is 3.61. The summed E-state index contributed by atoms with van der Waals surface area (Å²) in [5, 5.41) is 3.16. The van der Waals surface area contributed by atoms with E-state index in [-0.39, 0.29) is 11.9 Å². The third-order valence-corrected chi connectivity index (χ3v) is 5.37. The highest BCUT2D eigenvalue weighted by Gasteiger charge is 2.29. The van der Waals surface area contributed by atoms with Crippen molar-refractivity contribution in [3.05, 3.63) is 47.9 Å². The molecule has 1 aromatic carbocycles. The van der Waals surface area contributed by atoms with Crippen LogP contribution in [0.25, 0.3) is 0 Å². The van der Waals surface area contributed by atoms with Gasteiger partial charge in [-0.2, -0.15) is 0 Å². The van der Waals surface area contributed by atoms with Crippen molar-refractivity contribution in [1.82, 2.24) is 14.5 Å². The Morgan fingerprint density at radius 1 is 1.12 bits per heavy atom. The molecule has 132 valence electrons. The maximum Gasteiger partial charge on any atom is 0.242 e. The molecule has 1 saturated heterocycles. The van der Waals surface area contributed by atoms with Gasteiger partial charge in [0.1, 0.15) is 11.6 Å². The van der Waals surface area contributed by atoms with Gasteiger partial charge >= 0.3 is 0 Å². The number of amides is 1. The predicted octanol–water partition coefficient (Wildman–Crippen LogP) is 3.21. The lowest BCUT2D eigenvalue weighted by molar-refractivity contribution is -0.122. The smallest absolute Gasteiger partial charge is 0.242 e. The van der Waals surface area contributed by atoms with Crippen molar-refractivity contribution in [2.75, 3.05) is 11.9 Å². The number of imidazole rings is 1. The average Bonchev–Trinajstić information content (AvgIpc) is 3.06. The number of nitrogens with one attached hydrogen (secondary N) is 1. The molecular weight excluding hydrogens is 312 g/mol. The summed E-state index contributed by atoms with van der Waals surface area (Å²) in [7, 11) is 0.